The SMILES string of the molecule is O=C(Oc1ccc(/C=C2\SC(=O)N(Cc3c(F)cccc3Cl)C2=O)cc1)c1cccc2ccccc12. The van der Waals surface area contributed by atoms with Crippen LogP contribution in [0.1, 0.15) is 21.5 Å². The van der Waals surface area contributed by atoms with Gasteiger partial charge in [0.25, 0.3) is 11.1 Å². The van der Waals surface area contributed by atoms with E-state index in [4.69, 9.17) is 16.3 Å². The van der Waals surface area contributed by atoms with Gasteiger partial charge in [-0.2, -0.15) is 0 Å². The van der Waals surface area contributed by atoms with Crippen molar-refractivity contribution in [1.82, 2.24) is 4.90 Å². The van der Waals surface area contributed by atoms with Crippen molar-refractivity contribution in [3.05, 3.63) is 117 Å². The van der Waals surface area contributed by atoms with E-state index in [9.17, 15) is 18.8 Å². The monoisotopic (exact) mass is 517 g/mol. The van der Waals surface area contributed by atoms with Gasteiger partial charge in [-0.3, -0.25) is 14.5 Å². The second-order valence-electron chi connectivity index (χ2n) is 7.95. The quantitative estimate of drug-likeness (QED) is 0.161. The summed E-state index contributed by atoms with van der Waals surface area (Å²) >= 11 is 6.81. The summed E-state index contributed by atoms with van der Waals surface area (Å²) in [5, 5.41) is 1.38. The normalized spacial score (nSPS) is 14.6. The number of hydrogen-bond donors (Lipinski definition) is 0. The zero-order valence-electron chi connectivity index (χ0n) is 18.6. The molecular weight excluding hydrogens is 501 g/mol. The number of esters is 1. The molecule has 2 amide bonds. The smallest absolute Gasteiger partial charge is 0.344 e. The Kier molecular flexibility index (Phi) is 6.59. The highest BCUT2D eigenvalue weighted by molar-refractivity contribution is 8.18. The molecule has 1 fully saturated rings. The van der Waals surface area contributed by atoms with Gasteiger partial charge in [0.05, 0.1) is 17.0 Å². The van der Waals surface area contributed by atoms with Gasteiger partial charge in [0.15, 0.2) is 0 Å². The lowest BCUT2D eigenvalue weighted by molar-refractivity contribution is -0.123. The number of carbonyl (C=O) groups is 3. The number of fused-ring (bicyclic) bond motifs is 1. The Bertz CT molecular complexity index is 1530. The Balaban J connectivity index is 1.30. The topological polar surface area (TPSA) is 63.7 Å². The second kappa shape index (κ2) is 9.97. The van der Waals surface area contributed by atoms with Crippen LogP contribution in [0.2, 0.25) is 5.02 Å². The van der Waals surface area contributed by atoms with Crippen LogP contribution >= 0.6 is 23.4 Å². The summed E-state index contributed by atoms with van der Waals surface area (Å²) in [7, 11) is 0. The van der Waals surface area contributed by atoms with Crippen molar-refractivity contribution in [2.75, 3.05) is 0 Å². The minimum Gasteiger partial charge on any atom is -0.423 e. The number of amides is 2. The third-order valence-electron chi connectivity index (χ3n) is 5.65. The highest BCUT2D eigenvalue weighted by Crippen LogP contribution is 2.35. The molecule has 0 radical (unpaired) electrons. The van der Waals surface area contributed by atoms with Gasteiger partial charge >= 0.3 is 5.97 Å². The van der Waals surface area contributed by atoms with E-state index in [-0.39, 0.29) is 22.0 Å². The first-order valence-electron chi connectivity index (χ1n) is 10.9. The van der Waals surface area contributed by atoms with Gasteiger partial charge in [0.2, 0.25) is 0 Å². The van der Waals surface area contributed by atoms with Crippen molar-refractivity contribution in [3.63, 3.8) is 0 Å². The number of carbonyl (C=O) groups excluding carboxylic acids is 3. The summed E-state index contributed by atoms with van der Waals surface area (Å²) in [6.07, 6.45) is 1.56. The van der Waals surface area contributed by atoms with E-state index in [1.807, 2.05) is 30.3 Å². The molecule has 0 atom stereocenters. The molecule has 5 nitrogen and oxygen atoms in total. The highest BCUT2D eigenvalue weighted by atomic mass is 35.5. The average Bonchev–Trinajstić information content (AvgIpc) is 3.14. The number of halogens is 2. The summed E-state index contributed by atoms with van der Waals surface area (Å²) in [4.78, 5) is 39.1. The van der Waals surface area contributed by atoms with Crippen LogP contribution in [-0.2, 0) is 11.3 Å². The zero-order valence-corrected chi connectivity index (χ0v) is 20.2. The molecule has 0 aromatic heterocycles. The minimum absolute atomic E-state index is 0.0834. The summed E-state index contributed by atoms with van der Waals surface area (Å²) in [6.45, 7) is -0.253. The van der Waals surface area contributed by atoms with Gasteiger partial charge < -0.3 is 4.74 Å². The molecule has 8 heteroatoms. The fourth-order valence-corrected chi connectivity index (χ4v) is 4.89. The number of imide groups is 1. The lowest BCUT2D eigenvalue weighted by Gasteiger charge is -2.14. The van der Waals surface area contributed by atoms with Crippen LogP contribution in [-0.4, -0.2) is 22.0 Å². The maximum absolute atomic E-state index is 14.1. The Labute approximate surface area is 215 Å². The van der Waals surface area contributed by atoms with Gasteiger partial charge in [-0.15, -0.1) is 0 Å². The summed E-state index contributed by atoms with van der Waals surface area (Å²) < 4.78 is 19.7. The maximum Gasteiger partial charge on any atom is 0.344 e. The third kappa shape index (κ3) is 4.76. The Hall–Kier alpha value is -3.94. The van der Waals surface area contributed by atoms with Crippen LogP contribution in [0.5, 0.6) is 5.75 Å². The van der Waals surface area contributed by atoms with Crippen molar-refractivity contribution in [3.8, 4) is 5.75 Å². The summed E-state index contributed by atoms with van der Waals surface area (Å²) in [5.74, 6) is -1.25. The van der Waals surface area contributed by atoms with E-state index in [1.165, 1.54) is 18.2 Å². The molecule has 0 aliphatic carbocycles. The van der Waals surface area contributed by atoms with Crippen molar-refractivity contribution in [2.24, 2.45) is 0 Å². The van der Waals surface area contributed by atoms with Crippen molar-refractivity contribution in [2.45, 2.75) is 6.54 Å². The molecule has 4 aromatic rings. The van der Waals surface area contributed by atoms with Crippen LogP contribution in [0.25, 0.3) is 16.8 Å². The molecule has 1 aliphatic heterocycles. The number of ether oxygens (including phenoxy) is 1. The number of benzene rings is 4. The molecule has 36 heavy (non-hydrogen) atoms. The molecule has 0 spiro atoms. The fourth-order valence-electron chi connectivity index (χ4n) is 3.83. The third-order valence-corrected chi connectivity index (χ3v) is 6.91. The Morgan fingerprint density at radius 1 is 0.944 bits per heavy atom. The molecule has 178 valence electrons. The molecule has 0 saturated carbocycles. The lowest BCUT2D eigenvalue weighted by Crippen LogP contribution is -2.28. The number of rotatable bonds is 5. The molecule has 0 unspecified atom stereocenters. The summed E-state index contributed by atoms with van der Waals surface area (Å²) in [5.41, 5.74) is 1.18. The largest absolute Gasteiger partial charge is 0.423 e. The molecule has 0 N–H and O–H groups in total. The summed E-state index contributed by atoms with van der Waals surface area (Å²) in [6, 6.07) is 23.7. The number of nitrogens with zero attached hydrogens (tertiary/aromatic N) is 1. The van der Waals surface area contributed by atoms with Crippen molar-refractivity contribution >= 4 is 57.3 Å². The van der Waals surface area contributed by atoms with Gasteiger partial charge in [-0.25, -0.2) is 9.18 Å². The van der Waals surface area contributed by atoms with E-state index in [0.29, 0.717) is 16.9 Å². The Morgan fingerprint density at radius 2 is 1.67 bits per heavy atom. The number of hydrogen-bond acceptors (Lipinski definition) is 5. The van der Waals surface area contributed by atoms with E-state index >= 15 is 0 Å². The first kappa shape index (κ1) is 23.8. The lowest BCUT2D eigenvalue weighted by atomic mass is 10.0. The van der Waals surface area contributed by atoms with Crippen LogP contribution in [0.4, 0.5) is 9.18 Å². The van der Waals surface area contributed by atoms with E-state index in [1.54, 1.807) is 42.5 Å². The minimum atomic E-state index is -0.584. The number of thioether (sulfide) groups is 1. The average molecular weight is 518 g/mol. The van der Waals surface area contributed by atoms with E-state index in [0.717, 1.165) is 27.4 Å². The first-order chi connectivity index (χ1) is 17.4. The van der Waals surface area contributed by atoms with Gasteiger partial charge in [0.1, 0.15) is 11.6 Å². The predicted octanol–water partition coefficient (Wildman–Crippen LogP) is 7.09. The predicted molar refractivity (Wildman–Crippen MR) is 138 cm³/mol. The molecule has 1 aliphatic rings. The zero-order chi connectivity index (χ0) is 25.2. The van der Waals surface area contributed by atoms with Gasteiger partial charge in [-0.05, 0) is 64.5 Å². The highest BCUT2D eigenvalue weighted by Gasteiger charge is 2.35. The second-order valence-corrected chi connectivity index (χ2v) is 9.35. The molecule has 0 bridgehead atoms. The molecular formula is C28H17ClFNO4S. The standard InChI is InChI=1S/C28H17ClFNO4S/c29-23-9-4-10-24(30)22(23)16-31-26(32)25(36-28(31)34)15-17-11-13-19(14-12-17)35-27(33)21-8-3-6-18-5-1-2-7-20(18)21/h1-15H,16H2/b25-15-. The Morgan fingerprint density at radius 3 is 2.44 bits per heavy atom. The van der Waals surface area contributed by atoms with Crippen LogP contribution in [0, 0.1) is 5.82 Å². The van der Waals surface area contributed by atoms with Crippen LogP contribution in [0.15, 0.2) is 89.8 Å². The first-order valence-corrected chi connectivity index (χ1v) is 12.1. The molecule has 1 saturated heterocycles. The molecule has 4 aromatic carbocycles. The van der Waals surface area contributed by atoms with E-state index < -0.39 is 22.9 Å². The maximum atomic E-state index is 14.1. The van der Waals surface area contributed by atoms with E-state index in [2.05, 4.69) is 0 Å². The van der Waals surface area contributed by atoms with Gasteiger partial charge in [-0.1, -0.05) is 66.2 Å². The van der Waals surface area contributed by atoms with Gasteiger partial charge in [0, 0.05) is 10.6 Å². The van der Waals surface area contributed by atoms with Crippen LogP contribution < -0.4 is 4.74 Å². The van der Waals surface area contributed by atoms with Crippen molar-refractivity contribution in [1.29, 1.82) is 0 Å². The molecule has 1 heterocycles. The fraction of sp³-hybridized carbons (Fsp3) is 0.0357. The van der Waals surface area contributed by atoms with Crippen molar-refractivity contribution < 1.29 is 23.5 Å². The van der Waals surface area contributed by atoms with Crippen LogP contribution in [0.3, 0.4) is 0 Å². The molecule has 5 rings (SSSR count).